The highest BCUT2D eigenvalue weighted by molar-refractivity contribution is 6.31. The summed E-state index contributed by atoms with van der Waals surface area (Å²) >= 11 is 6.19. The Labute approximate surface area is 150 Å². The average molecular weight is 359 g/mol. The van der Waals surface area contributed by atoms with Gasteiger partial charge in [0.15, 0.2) is 0 Å². The van der Waals surface area contributed by atoms with E-state index in [1.54, 1.807) is 16.9 Å². The summed E-state index contributed by atoms with van der Waals surface area (Å²) in [5, 5.41) is 11.7. The van der Waals surface area contributed by atoms with Crippen molar-refractivity contribution in [1.29, 1.82) is 0 Å². The molecule has 130 valence electrons. The van der Waals surface area contributed by atoms with Gasteiger partial charge in [0.2, 0.25) is 5.91 Å². The zero-order valence-corrected chi connectivity index (χ0v) is 14.9. The van der Waals surface area contributed by atoms with E-state index >= 15 is 0 Å². The molecule has 0 fully saturated rings. The number of benzene rings is 1. The summed E-state index contributed by atoms with van der Waals surface area (Å²) in [6, 6.07) is 9.35. The number of aryl methyl sites for hydroxylation is 2. The van der Waals surface area contributed by atoms with E-state index < -0.39 is 0 Å². The van der Waals surface area contributed by atoms with Crippen LogP contribution in [0.3, 0.4) is 0 Å². The molecule has 0 saturated carbocycles. The molecule has 0 atom stereocenters. The second-order valence-electron chi connectivity index (χ2n) is 5.82. The number of amides is 1. The molecule has 1 N–H and O–H groups in total. The molecular weight excluding hydrogens is 340 g/mol. The van der Waals surface area contributed by atoms with Crippen molar-refractivity contribution in [3.63, 3.8) is 0 Å². The van der Waals surface area contributed by atoms with Crippen molar-refractivity contribution in [1.82, 2.24) is 14.9 Å². The van der Waals surface area contributed by atoms with Gasteiger partial charge in [0.1, 0.15) is 11.6 Å². The molecule has 3 rings (SSSR count). The lowest BCUT2D eigenvalue weighted by Crippen LogP contribution is -2.16. The van der Waals surface area contributed by atoms with E-state index in [0.29, 0.717) is 30.2 Å². The van der Waals surface area contributed by atoms with Gasteiger partial charge >= 0.3 is 0 Å². The second kappa shape index (κ2) is 7.53. The molecule has 1 amide bonds. The Morgan fingerprint density at radius 1 is 1.28 bits per heavy atom. The summed E-state index contributed by atoms with van der Waals surface area (Å²) in [5.74, 6) is 1.32. The molecule has 0 bridgehead atoms. The van der Waals surface area contributed by atoms with Crippen molar-refractivity contribution in [3.05, 3.63) is 64.1 Å². The number of hydrogen-bond acceptors (Lipinski definition) is 4. The van der Waals surface area contributed by atoms with Crippen molar-refractivity contribution in [2.75, 3.05) is 5.32 Å². The van der Waals surface area contributed by atoms with Crippen LogP contribution in [0, 0.1) is 13.8 Å². The van der Waals surface area contributed by atoms with E-state index in [9.17, 15) is 4.79 Å². The van der Waals surface area contributed by atoms with Gasteiger partial charge in [-0.1, -0.05) is 35.0 Å². The number of aromatic nitrogens is 3. The molecule has 25 heavy (non-hydrogen) atoms. The molecule has 2 aromatic heterocycles. The third kappa shape index (κ3) is 4.09. The molecule has 1 aromatic carbocycles. The minimum atomic E-state index is -0.0825. The van der Waals surface area contributed by atoms with Gasteiger partial charge in [0.25, 0.3) is 0 Å². The summed E-state index contributed by atoms with van der Waals surface area (Å²) in [5.41, 5.74) is 2.76. The van der Waals surface area contributed by atoms with Gasteiger partial charge in [-0.15, -0.1) is 0 Å². The van der Waals surface area contributed by atoms with E-state index in [0.717, 1.165) is 22.6 Å². The second-order valence-corrected chi connectivity index (χ2v) is 6.22. The maximum absolute atomic E-state index is 12.3. The number of nitrogens with zero attached hydrogens (tertiary/aromatic N) is 3. The smallest absolute Gasteiger partial charge is 0.225 e. The standard InChI is InChI=1S/C18H19ClN4O2/c1-12-15(13(2)25-22-12)7-8-18(24)21-17-9-10-20-23(17)11-14-5-3-4-6-16(14)19/h3-6,9-10H,7-8,11H2,1-2H3,(H,21,24). The first-order valence-corrected chi connectivity index (χ1v) is 8.39. The molecule has 7 heteroatoms. The number of nitrogens with one attached hydrogen (secondary N) is 1. The molecule has 0 aliphatic carbocycles. The van der Waals surface area contributed by atoms with Crippen LogP contribution in [0.2, 0.25) is 5.02 Å². The molecular formula is C18H19ClN4O2. The first-order valence-electron chi connectivity index (χ1n) is 8.01. The SMILES string of the molecule is Cc1noc(C)c1CCC(=O)Nc1ccnn1Cc1ccccc1Cl. The van der Waals surface area contributed by atoms with Gasteiger partial charge < -0.3 is 9.84 Å². The van der Waals surface area contributed by atoms with Crippen molar-refractivity contribution < 1.29 is 9.32 Å². The van der Waals surface area contributed by atoms with E-state index in [4.69, 9.17) is 16.1 Å². The highest BCUT2D eigenvalue weighted by Gasteiger charge is 2.13. The Bertz CT molecular complexity index is 865. The number of rotatable bonds is 6. The fourth-order valence-corrected chi connectivity index (χ4v) is 2.85. The lowest BCUT2D eigenvalue weighted by atomic mass is 10.1. The Balaban J connectivity index is 1.63. The minimum Gasteiger partial charge on any atom is -0.361 e. The first kappa shape index (κ1) is 17.2. The fourth-order valence-electron chi connectivity index (χ4n) is 2.66. The van der Waals surface area contributed by atoms with Gasteiger partial charge in [-0.25, -0.2) is 4.68 Å². The summed E-state index contributed by atoms with van der Waals surface area (Å²) in [4.78, 5) is 12.3. The minimum absolute atomic E-state index is 0.0825. The molecule has 0 unspecified atom stereocenters. The third-order valence-electron chi connectivity index (χ3n) is 4.05. The largest absolute Gasteiger partial charge is 0.361 e. The number of halogens is 1. The average Bonchev–Trinajstić information content (AvgIpc) is 3.15. The molecule has 0 radical (unpaired) electrons. The van der Waals surface area contributed by atoms with Gasteiger partial charge in [-0.2, -0.15) is 5.10 Å². The van der Waals surface area contributed by atoms with E-state index in [1.807, 2.05) is 38.1 Å². The number of carbonyl (C=O) groups excluding carboxylic acids is 1. The van der Waals surface area contributed by atoms with Crippen LogP contribution in [0.5, 0.6) is 0 Å². The lowest BCUT2D eigenvalue weighted by molar-refractivity contribution is -0.116. The predicted molar refractivity (Wildman–Crippen MR) is 95.7 cm³/mol. The summed E-state index contributed by atoms with van der Waals surface area (Å²) in [6.07, 6.45) is 2.59. The maximum atomic E-state index is 12.3. The molecule has 2 heterocycles. The highest BCUT2D eigenvalue weighted by Crippen LogP contribution is 2.19. The van der Waals surface area contributed by atoms with Gasteiger partial charge in [-0.05, 0) is 31.9 Å². The molecule has 3 aromatic rings. The third-order valence-corrected chi connectivity index (χ3v) is 4.41. The highest BCUT2D eigenvalue weighted by atomic mass is 35.5. The zero-order valence-electron chi connectivity index (χ0n) is 14.1. The lowest BCUT2D eigenvalue weighted by Gasteiger charge is -2.10. The van der Waals surface area contributed by atoms with Crippen LogP contribution < -0.4 is 5.32 Å². The molecule has 0 aliphatic rings. The Morgan fingerprint density at radius 3 is 2.80 bits per heavy atom. The quantitative estimate of drug-likeness (QED) is 0.728. The van der Waals surface area contributed by atoms with Crippen molar-refractivity contribution >= 4 is 23.3 Å². The van der Waals surface area contributed by atoms with E-state index in [1.165, 1.54) is 0 Å². The fraction of sp³-hybridized carbons (Fsp3) is 0.278. The molecule has 0 saturated heterocycles. The van der Waals surface area contributed by atoms with E-state index in [-0.39, 0.29) is 5.91 Å². The number of anilines is 1. The predicted octanol–water partition coefficient (Wildman–Crippen LogP) is 3.76. The van der Waals surface area contributed by atoms with Crippen LogP contribution in [0.15, 0.2) is 41.1 Å². The summed E-state index contributed by atoms with van der Waals surface area (Å²) in [6.45, 7) is 4.22. The van der Waals surface area contributed by atoms with Crippen LogP contribution >= 0.6 is 11.6 Å². The summed E-state index contributed by atoms with van der Waals surface area (Å²) in [7, 11) is 0. The molecule has 6 nitrogen and oxygen atoms in total. The van der Waals surface area contributed by atoms with Crippen LogP contribution in [-0.2, 0) is 17.8 Å². The van der Waals surface area contributed by atoms with Crippen molar-refractivity contribution in [2.24, 2.45) is 0 Å². The van der Waals surface area contributed by atoms with Gasteiger partial charge in [-0.3, -0.25) is 4.79 Å². The van der Waals surface area contributed by atoms with Crippen molar-refractivity contribution in [2.45, 2.75) is 33.2 Å². The van der Waals surface area contributed by atoms with Crippen LogP contribution in [0.25, 0.3) is 0 Å². The number of carbonyl (C=O) groups is 1. The summed E-state index contributed by atoms with van der Waals surface area (Å²) < 4.78 is 6.84. The van der Waals surface area contributed by atoms with Crippen LogP contribution in [0.4, 0.5) is 5.82 Å². The normalized spacial score (nSPS) is 10.8. The zero-order chi connectivity index (χ0) is 17.8. The Hall–Kier alpha value is -2.60. The topological polar surface area (TPSA) is 73.0 Å². The van der Waals surface area contributed by atoms with Gasteiger partial charge in [0.05, 0.1) is 18.4 Å². The Kier molecular flexibility index (Phi) is 5.19. The number of hydrogen-bond donors (Lipinski definition) is 1. The maximum Gasteiger partial charge on any atom is 0.225 e. The van der Waals surface area contributed by atoms with Crippen LogP contribution in [-0.4, -0.2) is 20.8 Å². The molecule has 0 spiro atoms. The molecule has 0 aliphatic heterocycles. The monoisotopic (exact) mass is 358 g/mol. The van der Waals surface area contributed by atoms with Crippen molar-refractivity contribution in [3.8, 4) is 0 Å². The van der Waals surface area contributed by atoms with Gasteiger partial charge in [0, 0.05) is 23.1 Å². The van der Waals surface area contributed by atoms with Crippen LogP contribution in [0.1, 0.15) is 29.0 Å². The van der Waals surface area contributed by atoms with E-state index in [2.05, 4.69) is 15.6 Å². The first-order chi connectivity index (χ1) is 12.0. The Morgan fingerprint density at radius 2 is 2.08 bits per heavy atom.